The number of nitrogens with zero attached hydrogens (tertiary/aromatic N) is 2. The molecule has 0 bridgehead atoms. The Kier molecular flexibility index (Phi) is 9.51. The number of aromatic nitrogens is 1. The number of halogens is 1. The first-order valence-corrected chi connectivity index (χ1v) is 11.3. The van der Waals surface area contributed by atoms with Gasteiger partial charge in [-0.15, -0.1) is 35.3 Å². The molecule has 2 aromatic rings. The van der Waals surface area contributed by atoms with Crippen LogP contribution in [0, 0.1) is 13.8 Å². The van der Waals surface area contributed by atoms with Gasteiger partial charge in [0.1, 0.15) is 0 Å². The molecule has 0 unspecified atom stereocenters. The van der Waals surface area contributed by atoms with Gasteiger partial charge in [-0.3, -0.25) is 4.99 Å². The number of hydrogen-bond donors (Lipinski definition) is 3. The van der Waals surface area contributed by atoms with Gasteiger partial charge >= 0.3 is 0 Å². The van der Waals surface area contributed by atoms with E-state index in [-0.39, 0.29) is 28.9 Å². The van der Waals surface area contributed by atoms with Crippen molar-refractivity contribution in [1.29, 1.82) is 0 Å². The first-order chi connectivity index (χ1) is 13.0. The van der Waals surface area contributed by atoms with Crippen molar-refractivity contribution in [1.82, 2.24) is 20.3 Å². The van der Waals surface area contributed by atoms with Gasteiger partial charge < -0.3 is 10.6 Å². The van der Waals surface area contributed by atoms with E-state index in [4.69, 9.17) is 0 Å². The molecule has 2 rings (SSSR count). The van der Waals surface area contributed by atoms with Crippen LogP contribution in [0.25, 0.3) is 0 Å². The Bertz CT molecular complexity index is 950. The van der Waals surface area contributed by atoms with E-state index in [2.05, 4.69) is 25.3 Å². The lowest BCUT2D eigenvalue weighted by atomic mass is 10.1. The molecule has 0 saturated carbocycles. The average Bonchev–Trinajstić information content (AvgIpc) is 2.90. The second-order valence-corrected chi connectivity index (χ2v) is 10.4. The Hall–Kier alpha value is -1.24. The number of guanidine groups is 1. The van der Waals surface area contributed by atoms with E-state index in [0.717, 1.165) is 15.6 Å². The van der Waals surface area contributed by atoms with Gasteiger partial charge in [0.2, 0.25) is 10.0 Å². The maximum absolute atomic E-state index is 12.7. The summed E-state index contributed by atoms with van der Waals surface area (Å²) in [5.41, 5.74) is 1.13. The van der Waals surface area contributed by atoms with Crippen molar-refractivity contribution in [3.8, 4) is 0 Å². The Morgan fingerprint density at radius 3 is 2.31 bits per heavy atom. The average molecular weight is 552 g/mol. The Balaban J connectivity index is 0.00000420. The summed E-state index contributed by atoms with van der Waals surface area (Å²) in [4.78, 5) is 10.1. The second-order valence-electron chi connectivity index (χ2n) is 7.48. The molecular weight excluding hydrogens is 521 g/mol. The highest BCUT2D eigenvalue weighted by atomic mass is 127. The molecule has 0 aliphatic heterocycles. The molecule has 1 aromatic heterocycles. The van der Waals surface area contributed by atoms with Crippen molar-refractivity contribution in [3.63, 3.8) is 0 Å². The van der Waals surface area contributed by atoms with Crippen LogP contribution in [-0.4, -0.2) is 31.9 Å². The van der Waals surface area contributed by atoms with Crippen LogP contribution in [-0.2, 0) is 23.1 Å². The predicted molar refractivity (Wildman–Crippen MR) is 131 cm³/mol. The van der Waals surface area contributed by atoms with Crippen molar-refractivity contribution in [2.45, 2.75) is 58.1 Å². The number of aliphatic imine (C=N–C) groups is 1. The molecule has 0 saturated heterocycles. The summed E-state index contributed by atoms with van der Waals surface area (Å²) in [5.74, 6) is 0.599. The van der Waals surface area contributed by atoms with Crippen molar-refractivity contribution in [3.05, 3.63) is 45.4 Å². The maximum Gasteiger partial charge on any atom is 0.241 e. The minimum atomic E-state index is -3.62. The van der Waals surface area contributed by atoms with E-state index in [1.165, 1.54) is 0 Å². The van der Waals surface area contributed by atoms with Gasteiger partial charge in [-0.1, -0.05) is 18.2 Å². The first-order valence-electron chi connectivity index (χ1n) is 9.01. The molecule has 0 aliphatic carbocycles. The summed E-state index contributed by atoms with van der Waals surface area (Å²) < 4.78 is 28.2. The van der Waals surface area contributed by atoms with Gasteiger partial charge in [-0.2, -0.15) is 0 Å². The summed E-state index contributed by atoms with van der Waals surface area (Å²) in [5, 5.41) is 7.47. The van der Waals surface area contributed by atoms with Gasteiger partial charge in [-0.05, 0) is 46.2 Å². The third-order valence-corrected chi connectivity index (χ3v) is 6.72. The zero-order chi connectivity index (χ0) is 20.9. The SMILES string of the molecule is CN=C(NCc1ccccc1S(=O)(=O)NC(C)(C)C)NCc1sc(C)nc1C.I. The second kappa shape index (κ2) is 10.7. The van der Waals surface area contributed by atoms with Crippen LogP contribution in [0.4, 0.5) is 0 Å². The summed E-state index contributed by atoms with van der Waals surface area (Å²) in [7, 11) is -1.93. The van der Waals surface area contributed by atoms with Crippen molar-refractivity contribution >= 4 is 51.3 Å². The number of hydrogen-bond acceptors (Lipinski definition) is 5. The highest BCUT2D eigenvalue weighted by Crippen LogP contribution is 2.18. The number of thiazole rings is 1. The van der Waals surface area contributed by atoms with Crippen LogP contribution in [0.2, 0.25) is 0 Å². The van der Waals surface area contributed by atoms with Gasteiger partial charge in [0.25, 0.3) is 0 Å². The smallest absolute Gasteiger partial charge is 0.241 e. The molecule has 10 heteroatoms. The molecule has 162 valence electrons. The van der Waals surface area contributed by atoms with Gasteiger partial charge in [-0.25, -0.2) is 18.1 Å². The number of sulfonamides is 1. The van der Waals surface area contributed by atoms with Crippen molar-refractivity contribution < 1.29 is 8.42 Å². The third-order valence-electron chi connectivity index (χ3n) is 3.79. The van der Waals surface area contributed by atoms with E-state index in [1.807, 2.05) is 40.7 Å². The maximum atomic E-state index is 12.7. The fraction of sp³-hybridized carbons (Fsp3) is 0.474. The molecular formula is C19H30IN5O2S2. The van der Waals surface area contributed by atoms with Crippen LogP contribution in [0.5, 0.6) is 0 Å². The zero-order valence-corrected chi connectivity index (χ0v) is 21.6. The largest absolute Gasteiger partial charge is 0.352 e. The number of rotatable bonds is 6. The zero-order valence-electron chi connectivity index (χ0n) is 17.7. The predicted octanol–water partition coefficient (Wildman–Crippen LogP) is 3.32. The molecule has 0 amide bonds. The van der Waals surface area contributed by atoms with E-state index in [9.17, 15) is 8.42 Å². The Morgan fingerprint density at radius 1 is 1.14 bits per heavy atom. The highest BCUT2D eigenvalue weighted by Gasteiger charge is 2.24. The first kappa shape index (κ1) is 25.8. The monoisotopic (exact) mass is 551 g/mol. The molecule has 7 nitrogen and oxygen atoms in total. The molecule has 0 fully saturated rings. The minimum absolute atomic E-state index is 0. The van der Waals surface area contributed by atoms with Gasteiger partial charge in [0.15, 0.2) is 5.96 Å². The number of nitrogens with one attached hydrogen (secondary N) is 3. The molecule has 29 heavy (non-hydrogen) atoms. The van der Waals surface area contributed by atoms with E-state index >= 15 is 0 Å². The number of benzene rings is 1. The molecule has 0 aliphatic rings. The normalized spacial score (nSPS) is 12.4. The van der Waals surface area contributed by atoms with Crippen LogP contribution in [0.1, 0.15) is 41.9 Å². The Morgan fingerprint density at radius 2 is 1.76 bits per heavy atom. The molecule has 1 heterocycles. The third kappa shape index (κ3) is 7.83. The Labute approximate surface area is 194 Å². The van der Waals surface area contributed by atoms with Gasteiger partial charge in [0, 0.05) is 24.0 Å². The molecule has 0 atom stereocenters. The van der Waals surface area contributed by atoms with Crippen LogP contribution in [0.3, 0.4) is 0 Å². The lowest BCUT2D eigenvalue weighted by molar-refractivity contribution is 0.491. The fourth-order valence-electron chi connectivity index (χ4n) is 2.67. The summed E-state index contributed by atoms with van der Waals surface area (Å²) in [6.07, 6.45) is 0. The fourth-order valence-corrected chi connectivity index (χ4v) is 5.21. The highest BCUT2D eigenvalue weighted by molar-refractivity contribution is 14.0. The van der Waals surface area contributed by atoms with Crippen molar-refractivity contribution in [2.75, 3.05) is 7.05 Å². The summed E-state index contributed by atoms with van der Waals surface area (Å²) >= 11 is 1.65. The summed E-state index contributed by atoms with van der Waals surface area (Å²) in [6, 6.07) is 6.97. The van der Waals surface area contributed by atoms with Crippen molar-refractivity contribution in [2.24, 2.45) is 4.99 Å². The molecule has 0 radical (unpaired) electrons. The van der Waals surface area contributed by atoms with E-state index in [0.29, 0.717) is 24.6 Å². The molecule has 1 aromatic carbocycles. The van der Waals surface area contributed by atoms with Gasteiger partial charge in [0.05, 0.1) is 22.1 Å². The van der Waals surface area contributed by atoms with Crippen LogP contribution in [0.15, 0.2) is 34.2 Å². The standard InChI is InChI=1S/C19H29N5O2S2.HI/c1-13-16(27-14(2)23-13)12-22-18(20-6)21-11-15-9-7-8-10-17(15)28(25,26)24-19(3,4)5;/h7-10,24H,11-12H2,1-6H3,(H2,20,21,22);1H. The quantitative estimate of drug-likeness (QED) is 0.291. The van der Waals surface area contributed by atoms with E-state index in [1.54, 1.807) is 36.6 Å². The molecule has 3 N–H and O–H groups in total. The topological polar surface area (TPSA) is 95.5 Å². The minimum Gasteiger partial charge on any atom is -0.352 e. The van der Waals surface area contributed by atoms with Crippen LogP contribution < -0.4 is 15.4 Å². The summed E-state index contributed by atoms with van der Waals surface area (Å²) in [6.45, 7) is 10.4. The lowest BCUT2D eigenvalue weighted by Gasteiger charge is -2.22. The molecule has 0 spiro atoms. The van der Waals surface area contributed by atoms with Crippen LogP contribution >= 0.6 is 35.3 Å². The number of aryl methyl sites for hydroxylation is 2. The lowest BCUT2D eigenvalue weighted by Crippen LogP contribution is -2.41. The van der Waals surface area contributed by atoms with E-state index < -0.39 is 15.6 Å².